The summed E-state index contributed by atoms with van der Waals surface area (Å²) in [5.41, 5.74) is 0. The molecule has 0 saturated heterocycles. The monoisotopic (exact) mass is 216 g/mol. The molecular weight excluding hydrogens is 216 g/mol. The van der Waals surface area contributed by atoms with Crippen molar-refractivity contribution < 1.29 is 44.8 Å². The first-order valence-electron chi connectivity index (χ1n) is 2.37. The van der Waals surface area contributed by atoms with Crippen LogP contribution >= 0.6 is 0 Å². The van der Waals surface area contributed by atoms with Gasteiger partial charge in [0.1, 0.15) is 0 Å². The third-order valence-electron chi connectivity index (χ3n) is 0.387. The largest absolute Gasteiger partial charge is 0.577 e. The van der Waals surface area contributed by atoms with Gasteiger partial charge < -0.3 is 0 Å². The number of carbonyl (C=O) groups excluding carboxylic acids is 1. The molecule has 0 aromatic rings. The van der Waals surface area contributed by atoms with Gasteiger partial charge in [0, 0.05) is 10.1 Å². The Morgan fingerprint density at radius 1 is 0.929 bits per heavy atom. The Kier molecular flexibility index (Phi) is 5.09. The molecule has 0 aliphatic heterocycles. The molecule has 14 heavy (non-hydrogen) atoms. The van der Waals surface area contributed by atoms with Crippen LogP contribution in [0.3, 0.4) is 0 Å². The van der Waals surface area contributed by atoms with Crippen LogP contribution in [-0.2, 0) is 29.8 Å². The predicted molar refractivity (Wildman–Crippen MR) is 25.9 cm³/mol. The highest BCUT2D eigenvalue weighted by molar-refractivity contribution is 5.57. The van der Waals surface area contributed by atoms with E-state index in [-0.39, 0.29) is 0 Å². The summed E-state index contributed by atoms with van der Waals surface area (Å²) in [6, 6.07) is 0. The lowest BCUT2D eigenvalue weighted by Crippen LogP contribution is -2.12. The summed E-state index contributed by atoms with van der Waals surface area (Å²) in [5, 5.41) is 22.1. The van der Waals surface area contributed by atoms with E-state index in [9.17, 15) is 25.0 Å². The number of carbonyl (C=O) groups is 1. The van der Waals surface area contributed by atoms with Gasteiger partial charge in [-0.25, -0.2) is 9.78 Å². The second-order valence-corrected chi connectivity index (χ2v) is 1.15. The van der Waals surface area contributed by atoms with Crippen LogP contribution in [0.5, 0.6) is 0 Å². The molecule has 0 aromatic carbocycles. The van der Waals surface area contributed by atoms with Crippen LogP contribution in [0, 0.1) is 20.2 Å². The Bertz CT molecular complexity index is 199. The SMILES string of the molecule is O=C(OOO[N+](=O)[O-])OOO[N+](=O)[O-]. The lowest BCUT2D eigenvalue weighted by atomic mass is 11.4. The number of hydrogen-bond donors (Lipinski definition) is 0. The molecule has 0 spiro atoms. The molecule has 0 aromatic heterocycles. The summed E-state index contributed by atoms with van der Waals surface area (Å²) < 4.78 is 0. The van der Waals surface area contributed by atoms with Crippen LogP contribution < -0.4 is 0 Å². The Morgan fingerprint density at radius 2 is 1.29 bits per heavy atom. The highest BCUT2D eigenvalue weighted by atomic mass is 17.6. The molecular formula is CN2O11. The minimum atomic E-state index is -1.84. The molecule has 0 aliphatic rings. The normalized spacial score (nSPS) is 8.57. The maximum absolute atomic E-state index is 10.1. The van der Waals surface area contributed by atoms with Crippen molar-refractivity contribution in [3.05, 3.63) is 20.2 Å². The van der Waals surface area contributed by atoms with E-state index >= 15 is 0 Å². The van der Waals surface area contributed by atoms with Gasteiger partial charge in [-0.1, -0.05) is 0 Å². The van der Waals surface area contributed by atoms with Gasteiger partial charge in [0.2, 0.25) is 0 Å². The Labute approximate surface area is 72.5 Å². The zero-order valence-corrected chi connectivity index (χ0v) is 5.89. The van der Waals surface area contributed by atoms with E-state index < -0.39 is 16.3 Å². The average molecular weight is 216 g/mol. The van der Waals surface area contributed by atoms with Gasteiger partial charge >= 0.3 is 16.3 Å². The van der Waals surface area contributed by atoms with Crippen molar-refractivity contribution in [2.75, 3.05) is 0 Å². The Hall–Kier alpha value is -2.41. The minimum absolute atomic E-state index is 1.46. The first-order chi connectivity index (χ1) is 6.52. The van der Waals surface area contributed by atoms with Crippen molar-refractivity contribution in [3.63, 3.8) is 0 Å². The lowest BCUT2D eigenvalue weighted by molar-refractivity contribution is -0.894. The third kappa shape index (κ3) is 7.69. The van der Waals surface area contributed by atoms with Gasteiger partial charge in [0.05, 0.1) is 0 Å². The summed E-state index contributed by atoms with van der Waals surface area (Å²) in [4.78, 5) is 41.4. The second kappa shape index (κ2) is 6.14. The molecule has 0 amide bonds. The summed E-state index contributed by atoms with van der Waals surface area (Å²) in [7, 11) is 0. The number of rotatable bonds is 6. The first kappa shape index (κ1) is 11.6. The molecule has 13 heteroatoms. The fraction of sp³-hybridized carbons (Fsp3) is 0. The van der Waals surface area contributed by atoms with E-state index in [1.54, 1.807) is 0 Å². The van der Waals surface area contributed by atoms with E-state index in [1.165, 1.54) is 0 Å². The molecule has 0 N–H and O–H groups in total. The summed E-state index contributed by atoms with van der Waals surface area (Å²) in [6.45, 7) is 0. The van der Waals surface area contributed by atoms with Crippen molar-refractivity contribution in [1.29, 1.82) is 0 Å². The van der Waals surface area contributed by atoms with Crippen molar-refractivity contribution in [2.24, 2.45) is 0 Å². The fourth-order valence-electron chi connectivity index (χ4n) is 0.150. The summed E-state index contributed by atoms with van der Waals surface area (Å²) in [5.74, 6) is 0. The molecule has 0 saturated carbocycles. The molecule has 0 heterocycles. The van der Waals surface area contributed by atoms with Crippen LogP contribution in [0.4, 0.5) is 4.79 Å². The van der Waals surface area contributed by atoms with Gasteiger partial charge in [-0.05, 0) is 0 Å². The van der Waals surface area contributed by atoms with Gasteiger partial charge in [-0.15, -0.1) is 30.2 Å². The lowest BCUT2D eigenvalue weighted by Gasteiger charge is -1.97. The van der Waals surface area contributed by atoms with E-state index in [2.05, 4.69) is 29.8 Å². The molecule has 0 aliphatic carbocycles. The van der Waals surface area contributed by atoms with Crippen LogP contribution in [0.2, 0.25) is 0 Å². The maximum atomic E-state index is 10.1. The van der Waals surface area contributed by atoms with E-state index in [0.29, 0.717) is 0 Å². The van der Waals surface area contributed by atoms with Crippen LogP contribution in [0.1, 0.15) is 0 Å². The molecule has 0 radical (unpaired) electrons. The van der Waals surface area contributed by atoms with E-state index in [1.807, 2.05) is 0 Å². The Balaban J connectivity index is 3.37. The van der Waals surface area contributed by atoms with Gasteiger partial charge in [0.15, 0.2) is 0 Å². The molecule has 0 unspecified atom stereocenters. The Morgan fingerprint density at radius 3 is 1.57 bits per heavy atom. The number of nitrogens with zero attached hydrogens (tertiary/aromatic N) is 2. The quantitative estimate of drug-likeness (QED) is 0.312. The number of hydrogen-bond acceptors (Lipinski definition) is 11. The van der Waals surface area contributed by atoms with Crippen LogP contribution in [0.15, 0.2) is 0 Å². The van der Waals surface area contributed by atoms with Crippen LogP contribution in [0.25, 0.3) is 0 Å². The zero-order chi connectivity index (χ0) is 11.0. The van der Waals surface area contributed by atoms with E-state index in [0.717, 1.165) is 0 Å². The van der Waals surface area contributed by atoms with Gasteiger partial charge in [-0.2, -0.15) is 4.79 Å². The smallest absolute Gasteiger partial charge is 0.226 e. The van der Waals surface area contributed by atoms with Crippen molar-refractivity contribution in [1.82, 2.24) is 0 Å². The van der Waals surface area contributed by atoms with Crippen molar-refractivity contribution in [2.45, 2.75) is 0 Å². The van der Waals surface area contributed by atoms with Crippen molar-refractivity contribution >= 4 is 6.16 Å². The molecule has 0 fully saturated rings. The predicted octanol–water partition coefficient (Wildman–Crippen LogP) is -0.751. The summed E-state index contributed by atoms with van der Waals surface area (Å²) >= 11 is 0. The van der Waals surface area contributed by atoms with Crippen molar-refractivity contribution in [3.8, 4) is 0 Å². The van der Waals surface area contributed by atoms with Gasteiger partial charge in [0.25, 0.3) is 0 Å². The van der Waals surface area contributed by atoms with E-state index in [4.69, 9.17) is 0 Å². The zero-order valence-electron chi connectivity index (χ0n) is 5.89. The molecule has 80 valence electrons. The first-order valence-corrected chi connectivity index (χ1v) is 2.37. The second-order valence-electron chi connectivity index (χ2n) is 1.15. The van der Waals surface area contributed by atoms with Crippen LogP contribution in [-0.4, -0.2) is 16.3 Å². The summed E-state index contributed by atoms with van der Waals surface area (Å²) in [6.07, 6.45) is -1.84. The fourth-order valence-corrected chi connectivity index (χ4v) is 0.150. The molecule has 0 bridgehead atoms. The average Bonchev–Trinajstić information content (AvgIpc) is 2.02. The highest BCUT2D eigenvalue weighted by Crippen LogP contribution is 1.90. The third-order valence-corrected chi connectivity index (χ3v) is 0.387. The standard InChI is InChI=1S/CN2O11/c4-1(9-13-11-2(5)6)10-14-12-3(7)8. The maximum Gasteiger partial charge on any atom is 0.577 e. The minimum Gasteiger partial charge on any atom is -0.226 e. The molecule has 0 rings (SSSR count). The van der Waals surface area contributed by atoms with Gasteiger partial charge in [-0.3, -0.25) is 0 Å². The topological polar surface area (TPSA) is 159 Å². The molecule has 13 nitrogen and oxygen atoms in total. The highest BCUT2D eigenvalue weighted by Gasteiger charge is 2.10. The molecule has 0 atom stereocenters.